The van der Waals surface area contributed by atoms with Crippen molar-refractivity contribution in [2.45, 2.75) is 18.7 Å². The molecule has 22 heavy (non-hydrogen) atoms. The topological polar surface area (TPSA) is 86.6 Å². The number of phenolic OH excluding ortho intramolecular Hbond substituents is 1. The number of nitrogens with one attached hydrogen (secondary N) is 1. The fourth-order valence-electron chi connectivity index (χ4n) is 2.12. The van der Waals surface area contributed by atoms with Crippen LogP contribution >= 0.6 is 0 Å². The first kappa shape index (κ1) is 16.1. The van der Waals surface area contributed by atoms with Gasteiger partial charge in [-0.3, -0.25) is 4.55 Å². The third-order valence-electron chi connectivity index (χ3n) is 3.30. The van der Waals surface area contributed by atoms with E-state index in [0.717, 1.165) is 5.69 Å². The molecule has 5 nitrogen and oxygen atoms in total. The monoisotopic (exact) mass is 319 g/mol. The minimum absolute atomic E-state index is 0.118. The number of aromatic hydroxyl groups is 1. The molecule has 0 saturated carbocycles. The highest BCUT2D eigenvalue weighted by Gasteiger charge is 2.19. The Bertz CT molecular complexity index is 812. The van der Waals surface area contributed by atoms with E-state index in [1.807, 2.05) is 30.3 Å². The molecule has 0 aromatic heterocycles. The molecule has 2 rings (SSSR count). The molecular formula is C16H17NO4S. The zero-order valence-electron chi connectivity index (χ0n) is 12.2. The Morgan fingerprint density at radius 3 is 2.36 bits per heavy atom. The fourth-order valence-corrected chi connectivity index (χ4v) is 2.93. The Hall–Kier alpha value is -2.31. The summed E-state index contributed by atoms with van der Waals surface area (Å²) in [6.07, 6.45) is 3.31. The average Bonchev–Trinajstić information content (AvgIpc) is 2.46. The van der Waals surface area contributed by atoms with Gasteiger partial charge in [0.15, 0.2) is 0 Å². The summed E-state index contributed by atoms with van der Waals surface area (Å²) < 4.78 is 31.7. The van der Waals surface area contributed by atoms with Gasteiger partial charge in [-0.1, -0.05) is 18.2 Å². The smallest absolute Gasteiger partial charge is 0.294 e. The second-order valence-electron chi connectivity index (χ2n) is 4.90. The fraction of sp³-hybridized carbons (Fsp3) is 0.125. The molecule has 0 saturated heterocycles. The maximum absolute atomic E-state index is 11.3. The van der Waals surface area contributed by atoms with Crippen LogP contribution in [0.25, 0.3) is 6.08 Å². The van der Waals surface area contributed by atoms with Crippen molar-refractivity contribution in [3.63, 3.8) is 0 Å². The molecule has 0 amide bonds. The van der Waals surface area contributed by atoms with Crippen molar-refractivity contribution in [2.24, 2.45) is 0 Å². The molecule has 0 heterocycles. The van der Waals surface area contributed by atoms with Crippen molar-refractivity contribution in [3.05, 3.63) is 59.3 Å². The molecule has 6 heteroatoms. The zero-order valence-corrected chi connectivity index (χ0v) is 13.1. The molecule has 0 bridgehead atoms. The maximum atomic E-state index is 11.3. The van der Waals surface area contributed by atoms with Gasteiger partial charge < -0.3 is 10.4 Å². The predicted molar refractivity (Wildman–Crippen MR) is 86.5 cm³/mol. The van der Waals surface area contributed by atoms with Gasteiger partial charge in [0, 0.05) is 23.0 Å². The van der Waals surface area contributed by atoms with Crippen molar-refractivity contribution in [1.82, 2.24) is 0 Å². The van der Waals surface area contributed by atoms with Crippen molar-refractivity contribution < 1.29 is 18.1 Å². The van der Waals surface area contributed by atoms with Gasteiger partial charge in [-0.2, -0.15) is 8.42 Å². The van der Waals surface area contributed by atoms with Crippen LogP contribution in [-0.4, -0.2) is 18.1 Å². The van der Waals surface area contributed by atoms with Crippen molar-refractivity contribution >= 4 is 21.9 Å². The molecule has 2 aromatic rings. The first-order valence-corrected chi connectivity index (χ1v) is 8.03. The first-order chi connectivity index (χ1) is 10.3. The zero-order chi connectivity index (χ0) is 16.3. The van der Waals surface area contributed by atoms with E-state index in [1.165, 1.54) is 13.0 Å². The highest BCUT2D eigenvalue weighted by molar-refractivity contribution is 7.85. The van der Waals surface area contributed by atoms with Crippen LogP contribution in [0.1, 0.15) is 16.7 Å². The molecule has 116 valence electrons. The van der Waals surface area contributed by atoms with E-state index in [4.69, 9.17) is 4.55 Å². The van der Waals surface area contributed by atoms with Crippen LogP contribution in [0.15, 0.2) is 47.5 Å². The molecule has 0 fully saturated rings. The minimum atomic E-state index is -4.36. The van der Waals surface area contributed by atoms with Crippen molar-refractivity contribution in [3.8, 4) is 5.75 Å². The number of phenols is 1. The first-order valence-electron chi connectivity index (χ1n) is 6.59. The number of hydrogen-bond acceptors (Lipinski definition) is 4. The van der Waals surface area contributed by atoms with Crippen LogP contribution in [0, 0.1) is 13.8 Å². The Kier molecular flexibility index (Phi) is 4.54. The van der Waals surface area contributed by atoms with Gasteiger partial charge in [0.2, 0.25) is 0 Å². The number of benzene rings is 2. The maximum Gasteiger partial charge on any atom is 0.294 e. The van der Waals surface area contributed by atoms with E-state index >= 15 is 0 Å². The summed E-state index contributed by atoms with van der Waals surface area (Å²) in [4.78, 5) is -0.282. The lowest BCUT2D eigenvalue weighted by atomic mass is 10.0. The SMILES string of the molecule is Cc1cc(S(=O)(=O)O)c(C)c(O)c1/C=C\Nc1ccccc1. The lowest BCUT2D eigenvalue weighted by Gasteiger charge is -2.11. The predicted octanol–water partition coefficient (Wildman–Crippen LogP) is 3.34. The van der Waals surface area contributed by atoms with Gasteiger partial charge in [-0.25, -0.2) is 0 Å². The summed E-state index contributed by atoms with van der Waals surface area (Å²) in [7, 11) is -4.36. The van der Waals surface area contributed by atoms with E-state index in [9.17, 15) is 13.5 Å². The third-order valence-corrected chi connectivity index (χ3v) is 4.28. The Balaban J connectivity index is 2.35. The van der Waals surface area contributed by atoms with Crippen LogP contribution in [0.4, 0.5) is 5.69 Å². The van der Waals surface area contributed by atoms with E-state index in [2.05, 4.69) is 5.32 Å². The van der Waals surface area contributed by atoms with Crippen molar-refractivity contribution in [2.75, 3.05) is 5.32 Å². The van der Waals surface area contributed by atoms with Gasteiger partial charge in [0.05, 0.1) is 0 Å². The molecule has 0 aliphatic heterocycles. The van der Waals surface area contributed by atoms with Crippen LogP contribution < -0.4 is 5.32 Å². The molecule has 0 atom stereocenters. The van der Waals surface area contributed by atoms with Crippen molar-refractivity contribution in [1.29, 1.82) is 0 Å². The quantitative estimate of drug-likeness (QED) is 0.752. The van der Waals surface area contributed by atoms with Crippen LogP contribution in [-0.2, 0) is 10.1 Å². The summed E-state index contributed by atoms with van der Waals surface area (Å²) in [5.41, 5.74) is 2.05. The van der Waals surface area contributed by atoms with Gasteiger partial charge >= 0.3 is 0 Å². The Morgan fingerprint density at radius 2 is 1.77 bits per heavy atom. The standard InChI is InChI=1S/C16H17NO4S/c1-11-10-15(22(19,20)21)12(2)16(18)14(11)8-9-17-13-6-4-3-5-7-13/h3-10,17-18H,1-2H3,(H,19,20,21)/b9-8-. The number of anilines is 1. The molecule has 0 unspecified atom stereocenters. The molecule has 0 aliphatic rings. The van der Waals surface area contributed by atoms with Crippen LogP contribution in [0.3, 0.4) is 0 Å². The lowest BCUT2D eigenvalue weighted by Crippen LogP contribution is -2.03. The summed E-state index contributed by atoms with van der Waals surface area (Å²) in [6.45, 7) is 3.11. The number of hydrogen-bond donors (Lipinski definition) is 3. The molecule has 0 radical (unpaired) electrons. The van der Waals surface area contributed by atoms with E-state index < -0.39 is 10.1 Å². The van der Waals surface area contributed by atoms with E-state index in [-0.39, 0.29) is 16.2 Å². The van der Waals surface area contributed by atoms with E-state index in [1.54, 1.807) is 19.2 Å². The largest absolute Gasteiger partial charge is 0.507 e. The highest BCUT2D eigenvalue weighted by atomic mass is 32.2. The van der Waals surface area contributed by atoms with Crippen LogP contribution in [0.5, 0.6) is 5.75 Å². The summed E-state index contributed by atoms with van der Waals surface area (Å²) in [6, 6.07) is 10.8. The summed E-state index contributed by atoms with van der Waals surface area (Å²) in [5, 5.41) is 13.2. The van der Waals surface area contributed by atoms with Gasteiger partial charge in [-0.15, -0.1) is 0 Å². The van der Waals surface area contributed by atoms with Crippen LogP contribution in [0.2, 0.25) is 0 Å². The summed E-state index contributed by atoms with van der Waals surface area (Å²) in [5.74, 6) is -0.168. The van der Waals surface area contributed by atoms with Gasteiger partial charge in [0.1, 0.15) is 10.6 Å². The molecule has 2 aromatic carbocycles. The third kappa shape index (κ3) is 3.47. The Morgan fingerprint density at radius 1 is 1.14 bits per heavy atom. The molecule has 3 N–H and O–H groups in total. The van der Waals surface area contributed by atoms with E-state index in [0.29, 0.717) is 11.1 Å². The Labute approximate surface area is 129 Å². The molecule has 0 spiro atoms. The normalized spacial score (nSPS) is 11.8. The second kappa shape index (κ2) is 6.21. The van der Waals surface area contributed by atoms with Gasteiger partial charge in [-0.05, 0) is 43.7 Å². The molecule has 0 aliphatic carbocycles. The number of aryl methyl sites for hydroxylation is 1. The second-order valence-corrected chi connectivity index (χ2v) is 6.29. The number of para-hydroxylation sites is 1. The summed E-state index contributed by atoms with van der Waals surface area (Å²) >= 11 is 0. The highest BCUT2D eigenvalue weighted by Crippen LogP contribution is 2.32. The number of rotatable bonds is 4. The minimum Gasteiger partial charge on any atom is -0.507 e. The average molecular weight is 319 g/mol. The van der Waals surface area contributed by atoms with Gasteiger partial charge in [0.25, 0.3) is 10.1 Å². The molecular weight excluding hydrogens is 302 g/mol. The lowest BCUT2D eigenvalue weighted by molar-refractivity contribution is 0.460.